The molecule has 0 aromatic carbocycles. The summed E-state index contributed by atoms with van der Waals surface area (Å²) in [7, 11) is 0. The summed E-state index contributed by atoms with van der Waals surface area (Å²) >= 11 is 0. The molecule has 0 N–H and O–H groups in total. The molecule has 2 aliphatic carbocycles. The Labute approximate surface area is 176 Å². The average Bonchev–Trinajstić information content (AvgIpc) is 2.93. The fourth-order valence-electron chi connectivity index (χ4n) is 7.29. The predicted octanol–water partition coefficient (Wildman–Crippen LogP) is 8.15. The maximum Gasteiger partial charge on any atom is 0.172 e. The molecule has 2 aliphatic heterocycles. The van der Waals surface area contributed by atoms with E-state index in [9.17, 15) is 0 Å². The van der Waals surface area contributed by atoms with Crippen LogP contribution >= 0.6 is 0 Å². The predicted molar refractivity (Wildman–Crippen MR) is 128 cm³/mol. The Morgan fingerprint density at radius 3 is 1.04 bits per heavy atom. The second-order valence-corrected chi connectivity index (χ2v) is 13.5. The van der Waals surface area contributed by atoms with Gasteiger partial charge >= 0.3 is 0 Å². The molecule has 0 radical (unpaired) electrons. The first-order valence-corrected chi connectivity index (χ1v) is 12.3. The summed E-state index contributed by atoms with van der Waals surface area (Å²) in [5, 5.41) is 0. The summed E-state index contributed by atoms with van der Waals surface area (Å²) < 4.78 is 0. The molecule has 2 saturated heterocycles. The number of rotatable bonds is 2. The van der Waals surface area contributed by atoms with Crippen molar-refractivity contribution < 1.29 is 0 Å². The SMILES string of the molecule is CC1(C)CB(C2=C3CCCCC3=C(B3CC(C)(C)C(C)(C)C3)CC2)CC1(C)C. The Balaban J connectivity index is 1.69. The van der Waals surface area contributed by atoms with Crippen molar-refractivity contribution in [3.8, 4) is 0 Å². The van der Waals surface area contributed by atoms with Gasteiger partial charge in [0.05, 0.1) is 0 Å². The van der Waals surface area contributed by atoms with Crippen molar-refractivity contribution in [3.05, 3.63) is 22.1 Å². The van der Waals surface area contributed by atoms with Gasteiger partial charge in [-0.25, -0.2) is 0 Å². The second kappa shape index (κ2) is 6.55. The highest BCUT2D eigenvalue weighted by Gasteiger charge is 2.51. The summed E-state index contributed by atoms with van der Waals surface area (Å²) in [5.41, 5.74) is 9.46. The zero-order valence-electron chi connectivity index (χ0n) is 20.2. The quantitative estimate of drug-likeness (QED) is 0.425. The normalized spacial score (nSPS) is 30.9. The molecule has 4 aliphatic rings. The Bertz CT molecular complexity index is 623. The molecular formula is C26H44B2. The van der Waals surface area contributed by atoms with Crippen molar-refractivity contribution in [1.82, 2.24) is 0 Å². The monoisotopic (exact) mass is 378 g/mol. The van der Waals surface area contributed by atoms with Gasteiger partial charge in [0.1, 0.15) is 0 Å². The lowest BCUT2D eigenvalue weighted by Gasteiger charge is -2.35. The second-order valence-electron chi connectivity index (χ2n) is 13.5. The van der Waals surface area contributed by atoms with Gasteiger partial charge in [-0.3, -0.25) is 0 Å². The average molecular weight is 378 g/mol. The third-order valence-corrected chi connectivity index (χ3v) is 10.6. The summed E-state index contributed by atoms with van der Waals surface area (Å²) in [4.78, 5) is 0. The molecule has 0 atom stereocenters. The zero-order valence-corrected chi connectivity index (χ0v) is 20.2. The number of allylic oxidation sites excluding steroid dienone is 4. The van der Waals surface area contributed by atoms with Gasteiger partial charge in [0, 0.05) is 0 Å². The van der Waals surface area contributed by atoms with E-state index in [1.807, 2.05) is 22.1 Å². The number of hydrogen-bond acceptors (Lipinski definition) is 0. The molecule has 0 aromatic rings. The van der Waals surface area contributed by atoms with E-state index in [1.165, 1.54) is 63.8 Å². The highest BCUT2D eigenvalue weighted by atomic mass is 14.4. The van der Waals surface area contributed by atoms with Gasteiger partial charge in [0.2, 0.25) is 0 Å². The molecule has 4 rings (SSSR count). The Kier molecular flexibility index (Phi) is 4.88. The smallest absolute Gasteiger partial charge is 0.0974 e. The van der Waals surface area contributed by atoms with Crippen LogP contribution in [0.1, 0.15) is 93.9 Å². The highest BCUT2D eigenvalue weighted by Crippen LogP contribution is 2.58. The summed E-state index contributed by atoms with van der Waals surface area (Å²) in [5.74, 6) is 0. The zero-order chi connectivity index (χ0) is 20.5. The van der Waals surface area contributed by atoms with Crippen molar-refractivity contribution in [2.45, 2.75) is 119 Å². The van der Waals surface area contributed by atoms with Crippen LogP contribution in [0.15, 0.2) is 22.1 Å². The van der Waals surface area contributed by atoms with Crippen LogP contribution in [0.25, 0.3) is 0 Å². The molecule has 28 heavy (non-hydrogen) atoms. The molecule has 0 amide bonds. The van der Waals surface area contributed by atoms with Crippen LogP contribution in [0.2, 0.25) is 25.3 Å². The number of hydrogen-bond donors (Lipinski definition) is 0. The fraction of sp³-hybridized carbons (Fsp3) is 0.846. The van der Waals surface area contributed by atoms with E-state index >= 15 is 0 Å². The molecular weight excluding hydrogens is 334 g/mol. The standard InChI is InChI=1S/C26H44B2/c1-23(2)15-27(16-24(23,3)4)21-13-14-22(20-12-10-9-11-19(20)21)28-17-25(5,6)26(7,8)18-28/h9-18H2,1-8H3. The van der Waals surface area contributed by atoms with Crippen LogP contribution in [0.4, 0.5) is 0 Å². The molecule has 0 aromatic heterocycles. The first-order chi connectivity index (χ1) is 12.8. The molecule has 0 spiro atoms. The van der Waals surface area contributed by atoms with Crippen LogP contribution in [0.5, 0.6) is 0 Å². The molecule has 1 saturated carbocycles. The lowest BCUT2D eigenvalue weighted by atomic mass is 9.34. The lowest BCUT2D eigenvalue weighted by Crippen LogP contribution is -2.26. The van der Waals surface area contributed by atoms with Crippen LogP contribution in [-0.2, 0) is 0 Å². The van der Waals surface area contributed by atoms with Gasteiger partial charge in [-0.05, 0) is 60.2 Å². The lowest BCUT2D eigenvalue weighted by molar-refractivity contribution is 0.177. The van der Waals surface area contributed by atoms with E-state index in [0.29, 0.717) is 21.7 Å². The van der Waals surface area contributed by atoms with Gasteiger partial charge in [-0.1, -0.05) is 103 Å². The molecule has 2 heteroatoms. The Hall–Kier alpha value is -0.390. The first-order valence-electron chi connectivity index (χ1n) is 12.3. The maximum absolute atomic E-state index is 2.52. The van der Waals surface area contributed by atoms with Crippen molar-refractivity contribution in [1.29, 1.82) is 0 Å². The van der Waals surface area contributed by atoms with E-state index in [4.69, 9.17) is 0 Å². The molecule has 3 fully saturated rings. The van der Waals surface area contributed by atoms with E-state index in [0.717, 1.165) is 13.4 Å². The van der Waals surface area contributed by atoms with Crippen molar-refractivity contribution in [2.24, 2.45) is 21.7 Å². The van der Waals surface area contributed by atoms with E-state index < -0.39 is 0 Å². The minimum Gasteiger partial charge on any atom is -0.0974 e. The fourth-order valence-corrected chi connectivity index (χ4v) is 7.29. The minimum atomic E-state index is 0.476. The van der Waals surface area contributed by atoms with Crippen LogP contribution in [-0.4, -0.2) is 13.4 Å². The topological polar surface area (TPSA) is 0 Å². The maximum atomic E-state index is 2.52. The van der Waals surface area contributed by atoms with Gasteiger partial charge in [-0.2, -0.15) is 0 Å². The number of fused-ring (bicyclic) bond motifs is 1. The highest BCUT2D eigenvalue weighted by molar-refractivity contribution is 6.70. The van der Waals surface area contributed by atoms with E-state index in [1.54, 1.807) is 0 Å². The Morgan fingerprint density at radius 1 is 0.464 bits per heavy atom. The van der Waals surface area contributed by atoms with E-state index in [-0.39, 0.29) is 0 Å². The largest absolute Gasteiger partial charge is 0.172 e. The van der Waals surface area contributed by atoms with Gasteiger partial charge < -0.3 is 0 Å². The third-order valence-electron chi connectivity index (χ3n) is 10.6. The summed E-state index contributed by atoms with van der Waals surface area (Å²) in [6.45, 7) is 21.9. The van der Waals surface area contributed by atoms with Crippen LogP contribution < -0.4 is 0 Å². The molecule has 0 nitrogen and oxygen atoms in total. The van der Waals surface area contributed by atoms with Crippen LogP contribution in [0, 0.1) is 21.7 Å². The van der Waals surface area contributed by atoms with E-state index in [2.05, 4.69) is 55.4 Å². The third kappa shape index (κ3) is 3.20. The molecule has 154 valence electrons. The first kappa shape index (κ1) is 20.9. The molecule has 2 heterocycles. The summed E-state index contributed by atoms with van der Waals surface area (Å²) in [6, 6.07) is 0. The Morgan fingerprint density at radius 2 is 0.750 bits per heavy atom. The van der Waals surface area contributed by atoms with Crippen molar-refractivity contribution in [2.75, 3.05) is 0 Å². The van der Waals surface area contributed by atoms with Crippen molar-refractivity contribution >= 4 is 13.4 Å². The summed E-state index contributed by atoms with van der Waals surface area (Å²) in [6.07, 6.45) is 14.0. The van der Waals surface area contributed by atoms with Gasteiger partial charge in [0.25, 0.3) is 0 Å². The minimum absolute atomic E-state index is 0.476. The molecule has 0 unspecified atom stereocenters. The van der Waals surface area contributed by atoms with Crippen LogP contribution in [0.3, 0.4) is 0 Å². The van der Waals surface area contributed by atoms with Gasteiger partial charge in [-0.15, -0.1) is 0 Å². The molecule has 0 bridgehead atoms. The van der Waals surface area contributed by atoms with Gasteiger partial charge in [0.15, 0.2) is 13.4 Å². The van der Waals surface area contributed by atoms with Crippen molar-refractivity contribution in [3.63, 3.8) is 0 Å².